The Hall–Kier alpha value is -12.7. The number of benzene rings is 3. The first-order chi connectivity index (χ1) is 61.9. The average molecular weight is 1900 g/mol. The van der Waals surface area contributed by atoms with Gasteiger partial charge in [-0.05, 0) is 170 Å². The lowest BCUT2D eigenvalue weighted by Crippen LogP contribution is -2.60. The number of nitrogens with zero attached hydrogens (tertiary/aromatic N) is 14. The van der Waals surface area contributed by atoms with E-state index in [2.05, 4.69) is 95.0 Å². The maximum Gasteiger partial charge on any atom is 0.266 e. The lowest BCUT2D eigenvalue weighted by molar-refractivity contribution is -0.122. The summed E-state index contributed by atoms with van der Waals surface area (Å²) >= 11 is 7.82. The lowest BCUT2D eigenvalue weighted by atomic mass is 10.1. The number of thiazole rings is 1. The van der Waals surface area contributed by atoms with Crippen molar-refractivity contribution >= 4 is 198 Å². The molecule has 0 spiro atoms. The van der Waals surface area contributed by atoms with E-state index in [-0.39, 0.29) is 72.1 Å². The van der Waals surface area contributed by atoms with Gasteiger partial charge in [0, 0.05) is 103 Å². The van der Waals surface area contributed by atoms with E-state index in [1.54, 1.807) is 47.6 Å². The summed E-state index contributed by atoms with van der Waals surface area (Å²) in [4.78, 5) is 89.8. The van der Waals surface area contributed by atoms with Gasteiger partial charge in [0.25, 0.3) is 29.5 Å². The summed E-state index contributed by atoms with van der Waals surface area (Å²) < 4.78 is 57.7. The van der Waals surface area contributed by atoms with Gasteiger partial charge in [-0.15, -0.1) is 99.9 Å². The van der Waals surface area contributed by atoms with E-state index in [1.165, 1.54) is 69.3 Å². The molecule has 11 aromatic heterocycles. The van der Waals surface area contributed by atoms with E-state index in [0.29, 0.717) is 126 Å². The fourth-order valence-electron chi connectivity index (χ4n) is 14.2. The number of thiophene rings is 5. The fraction of sp³-hybridized carbons (Fsp3) is 0.337. The van der Waals surface area contributed by atoms with Gasteiger partial charge in [-0.25, -0.2) is 22.2 Å². The van der Waals surface area contributed by atoms with Crippen molar-refractivity contribution in [1.29, 1.82) is 0 Å². The second-order valence-electron chi connectivity index (χ2n) is 31.8. The molecular weight excluding hydrogens is 1800 g/mol. The molecule has 14 aromatic rings. The minimum absolute atomic E-state index is 0.00808. The number of unbranched alkanes of at least 4 members (excludes halogenated alkanes) is 2. The second kappa shape index (κ2) is 40.5. The number of halogens is 2. The van der Waals surface area contributed by atoms with Crippen LogP contribution in [0.4, 0.5) is 42.3 Å². The molecule has 0 aliphatic carbocycles. The highest BCUT2D eigenvalue weighted by molar-refractivity contribution is 7.92. The zero-order chi connectivity index (χ0) is 93.6. The Bertz CT molecular complexity index is 6840. The van der Waals surface area contributed by atoms with Gasteiger partial charge >= 0.3 is 0 Å². The molecule has 32 nitrogen and oxygen atoms in total. The van der Waals surface area contributed by atoms with Crippen molar-refractivity contribution in [2.24, 2.45) is 0 Å². The Labute approximate surface area is 771 Å². The number of hydrogen-bond acceptors (Lipinski definition) is 32. The van der Waals surface area contributed by atoms with Crippen molar-refractivity contribution in [3.63, 3.8) is 0 Å². The van der Waals surface area contributed by atoms with Crippen molar-refractivity contribution in [2.45, 2.75) is 157 Å². The quantitative estimate of drug-likeness (QED) is 0.0238. The van der Waals surface area contributed by atoms with E-state index < -0.39 is 27.1 Å². The maximum atomic E-state index is 14.1. The molecule has 1 unspecified atom stereocenters. The zero-order valence-corrected chi connectivity index (χ0v) is 79.2. The van der Waals surface area contributed by atoms with Crippen molar-refractivity contribution in [2.75, 3.05) is 79.4 Å². The number of aromatic nitrogens is 11. The van der Waals surface area contributed by atoms with E-state index in [0.717, 1.165) is 143 Å². The third-order valence-corrected chi connectivity index (χ3v) is 30.9. The molecule has 41 heteroatoms. The number of alkyl halides is 1. The van der Waals surface area contributed by atoms with Crippen LogP contribution < -0.4 is 59.6 Å². The van der Waals surface area contributed by atoms with Crippen LogP contribution in [0.15, 0.2) is 83.2 Å². The molecule has 3 aromatic carbocycles. The maximum absolute atomic E-state index is 14.1. The number of amides is 6. The largest absolute Gasteiger partial charge is 0.491 e. The van der Waals surface area contributed by atoms with Crippen LogP contribution in [-0.4, -0.2) is 179 Å². The molecule has 14 N–H and O–H groups in total. The molecule has 0 saturated carbocycles. The van der Waals surface area contributed by atoms with E-state index >= 15 is 0 Å². The molecule has 3 aliphatic heterocycles. The third kappa shape index (κ3) is 20.6. The minimum atomic E-state index is -3.86. The van der Waals surface area contributed by atoms with Crippen LogP contribution in [0.25, 0.3) is 51.1 Å². The van der Waals surface area contributed by atoms with Crippen molar-refractivity contribution in [1.82, 2.24) is 87.0 Å². The van der Waals surface area contributed by atoms with E-state index in [9.17, 15) is 46.0 Å². The Morgan fingerprint density at radius 1 is 0.523 bits per heavy atom. The molecule has 3 saturated heterocycles. The van der Waals surface area contributed by atoms with Gasteiger partial charge in [0.15, 0.2) is 15.0 Å². The number of aryl methyl sites for hydroxylation is 11. The first-order valence-electron chi connectivity index (χ1n) is 41.3. The number of hydrogen-bond donors (Lipinski definition) is 9. The van der Waals surface area contributed by atoms with Gasteiger partial charge in [-0.3, -0.25) is 28.8 Å². The van der Waals surface area contributed by atoms with Crippen molar-refractivity contribution < 1.29 is 50.7 Å². The predicted molar refractivity (Wildman–Crippen MR) is 511 cm³/mol. The summed E-state index contributed by atoms with van der Waals surface area (Å²) in [6, 6.07) is 18.8. The Morgan fingerprint density at radius 3 is 1.31 bits per heavy atom. The predicted octanol–water partition coefficient (Wildman–Crippen LogP) is 13.4. The number of nitrogen functional groups attached to an aromatic ring is 5. The number of terminal acetylenes is 1. The van der Waals surface area contributed by atoms with Crippen LogP contribution >= 0.6 is 68.0 Å². The number of nitrogens with one attached hydrogen (secondary N) is 4. The van der Waals surface area contributed by atoms with Gasteiger partial charge in [0.1, 0.15) is 83.0 Å². The van der Waals surface area contributed by atoms with Crippen molar-refractivity contribution in [3.8, 4) is 18.1 Å². The molecule has 0 bridgehead atoms. The summed E-state index contributed by atoms with van der Waals surface area (Å²) in [5.74, 6) is 1.40. The highest BCUT2D eigenvalue weighted by Gasteiger charge is 2.43. The third-order valence-electron chi connectivity index (χ3n) is 22.5. The zero-order valence-electron chi connectivity index (χ0n) is 73.5. The summed E-state index contributed by atoms with van der Waals surface area (Å²) in [5.41, 5.74) is 45.2. The Balaban J connectivity index is 0.000000139. The smallest absolute Gasteiger partial charge is 0.266 e. The SMILES string of the molecule is C#Cc1ccc(CNC(=O)c2sc3nnc(C)c(C)c3c2N)cc1.CCCCCC(=O)NC1CN(C(=O)c2sc3nnc(C)c(C)c3c2N)C1.Cc1ccc(S(=O)(=O)C2CN(C(=O)c3sc4nnc(C)c(C)c4c3N)C2)c(F)c1.Cc1nnc2sc(C(=O)NC3CN(c4nccs4)C3)c(N)c2c1C.Cc1nnc2sc(C(=O)NCc3ccc(OCC(C)F)cc3)c(N)c2c1C. The molecule has 3 fully saturated rings. The molecule has 0 radical (unpaired) electrons. The number of likely N-dealkylation sites (tertiary alicyclic amines) is 2. The second-order valence-corrected chi connectivity index (χ2v) is 39.8. The van der Waals surface area contributed by atoms with Crippen LogP contribution in [0.1, 0.15) is 166 Å². The van der Waals surface area contributed by atoms with Gasteiger partial charge < -0.3 is 69.4 Å². The van der Waals surface area contributed by atoms with Crippen LogP contribution in [0, 0.1) is 94.3 Å². The Morgan fingerprint density at radius 2 is 0.915 bits per heavy atom. The molecule has 17 rings (SSSR count). The summed E-state index contributed by atoms with van der Waals surface area (Å²) in [5, 5.41) is 59.0. The van der Waals surface area contributed by atoms with Gasteiger partial charge in [0.2, 0.25) is 5.91 Å². The molecule has 6 amide bonds. The monoisotopic (exact) mass is 1890 g/mol. The molecular formula is C89H97F2N23O9S7. The standard InChI is InChI=1S/C19H19FN4O3S2.C19H21FN4O2S.C18H25N5O2S.C18H16N4OS.C15H16N6OS2/c1-9-4-5-14(13(20)6-9)29(26,27)12-7-24(8-12)19(25)17-16(21)15-10(2)11(3)22-23-18(15)28-17;1-10(20)9-26-14-6-4-13(5-7-14)8-22-18(25)17-16(21)15-11(2)12(3)23-24-19(15)27-17;1-4-5-6-7-13(24)20-12-8-23(9-12)18(25)16-15(19)14-10(2)11(3)21-22-17(14)26-16;1-4-12-5-7-13(8-6-12)9-20-17(23)16-15(19)14-10(2)11(3)21-22-18(14)24-16;1-7-8(2)19-20-14-10(7)11(16)12(24-14)13(22)18-9-5-21(6-9)15-17-3-4-23-15/h4-6,12H,7-8,21H2,1-3H3;4-7,10H,8-9,21H2,1-3H3,(H,22,25);12H,4-9,19H2,1-3H3,(H,20,24);1,5-8H,9,19H2,2-3H3,(H,20,23);3-4,9H,5-6,16H2,1-2H3,(H,18,22). The average Bonchev–Trinajstić information content (AvgIpc) is 0.912. The molecule has 678 valence electrons. The number of sulfone groups is 1. The molecule has 130 heavy (non-hydrogen) atoms. The lowest BCUT2D eigenvalue weighted by Gasteiger charge is -2.39. The van der Waals surface area contributed by atoms with Gasteiger partial charge in [0.05, 0.1) is 69.0 Å². The van der Waals surface area contributed by atoms with E-state index in [1.807, 2.05) is 111 Å². The first-order valence-corrected chi connectivity index (χ1v) is 47.9. The van der Waals surface area contributed by atoms with Crippen molar-refractivity contribution in [3.05, 3.63) is 187 Å². The molecule has 3 aliphatic rings. The number of ether oxygens (including phenoxy) is 1. The highest BCUT2D eigenvalue weighted by Crippen LogP contribution is 2.42. The van der Waals surface area contributed by atoms with Crippen LogP contribution in [0.5, 0.6) is 5.75 Å². The normalized spacial score (nSPS) is 13.4. The number of rotatable bonds is 21. The van der Waals surface area contributed by atoms with Crippen LogP contribution in [0.3, 0.4) is 0 Å². The Kier molecular flexibility index (Phi) is 29.6. The molecule has 14 heterocycles. The van der Waals surface area contributed by atoms with Crippen LogP contribution in [0.2, 0.25) is 0 Å². The fourth-order valence-corrected chi connectivity index (χ4v) is 21.7. The summed E-state index contributed by atoms with van der Waals surface area (Å²) in [6.07, 6.45) is 9.73. The summed E-state index contributed by atoms with van der Waals surface area (Å²) in [7, 11) is -3.86. The number of anilines is 6. The number of carbonyl (C=O) groups excluding carboxylic acids is 6. The number of carbonyl (C=O) groups is 6. The minimum Gasteiger partial charge on any atom is -0.491 e. The van der Waals surface area contributed by atoms with Crippen LogP contribution in [-0.2, 0) is 27.7 Å². The van der Waals surface area contributed by atoms with Gasteiger partial charge in [-0.1, -0.05) is 56.0 Å². The van der Waals surface area contributed by atoms with E-state index in [4.69, 9.17) is 39.8 Å². The highest BCUT2D eigenvalue weighted by atomic mass is 32.2. The van der Waals surface area contributed by atoms with Gasteiger partial charge in [-0.2, -0.15) is 25.5 Å². The number of fused-ring (bicyclic) bond motifs is 5. The first kappa shape index (κ1) is 94.9. The number of nitrogens with two attached hydrogens (primary N) is 5. The summed E-state index contributed by atoms with van der Waals surface area (Å²) in [6.45, 7) is 27.5. The molecule has 1 atom stereocenters. The topological polar surface area (TPSA) is 476 Å².